The van der Waals surface area contributed by atoms with E-state index in [2.05, 4.69) is 121 Å². The van der Waals surface area contributed by atoms with Crippen LogP contribution >= 0.6 is 0 Å². The highest BCUT2D eigenvalue weighted by molar-refractivity contribution is 6.08. The molecule has 0 saturated carbocycles. The maximum absolute atomic E-state index is 10.2. The third kappa shape index (κ3) is 6.12. The molecule has 0 fully saturated rings. The number of hydrogen-bond donors (Lipinski definition) is 0. The summed E-state index contributed by atoms with van der Waals surface area (Å²) in [6.45, 7) is 0. The number of benzene rings is 8. The molecule has 9 aromatic rings. The summed E-state index contributed by atoms with van der Waals surface area (Å²) in [5.74, 6) is 2.11. The third-order valence-corrected chi connectivity index (χ3v) is 10.9. The first-order chi connectivity index (χ1) is 27.7. The van der Waals surface area contributed by atoms with Gasteiger partial charge in [0.05, 0.1) is 11.6 Å². The van der Waals surface area contributed by atoms with Gasteiger partial charge in [-0.25, -0.2) is 15.0 Å². The number of hydrogen-bond acceptors (Lipinski definition) is 4. The lowest BCUT2D eigenvalue weighted by atomic mass is 9.77. The SMILES string of the molecule is N#Cc1cc(C2=CCC(c3ccc(-c4nc(-c5ccccc5)nc(-c5ccccc5)n4)cc3)c3ccccc32)cc(-c2ccc3ccc4ccccc4c3c2)c1. The molecule has 4 heteroatoms. The van der Waals surface area contributed by atoms with Gasteiger partial charge < -0.3 is 0 Å². The second-order valence-electron chi connectivity index (χ2n) is 14.3. The normalized spacial score (nSPS) is 13.6. The standard InChI is InChI=1S/C52H34N4/c53-33-34-29-42(41-26-23-37-20-19-35-11-7-8-16-44(35)49(37)32-41)31-43(30-34)46-28-27-45(47-17-9-10-18-48(46)47)36-21-24-40(25-22-36)52-55-50(38-12-3-1-4-13-38)54-51(56-52)39-14-5-2-6-15-39/h1-26,28-32,45H,27H2. The van der Waals surface area contributed by atoms with Crippen molar-refractivity contribution in [3.05, 3.63) is 216 Å². The number of nitriles is 1. The van der Waals surface area contributed by atoms with Gasteiger partial charge >= 0.3 is 0 Å². The highest BCUT2D eigenvalue weighted by Gasteiger charge is 2.24. The van der Waals surface area contributed by atoms with Gasteiger partial charge in [0.25, 0.3) is 0 Å². The molecule has 10 rings (SSSR count). The van der Waals surface area contributed by atoms with Crippen molar-refractivity contribution >= 4 is 27.1 Å². The minimum absolute atomic E-state index is 0.175. The van der Waals surface area contributed by atoms with E-state index in [1.54, 1.807) is 0 Å². The molecule has 0 saturated heterocycles. The van der Waals surface area contributed by atoms with Gasteiger partial charge in [-0.1, -0.05) is 164 Å². The van der Waals surface area contributed by atoms with E-state index in [0.717, 1.165) is 45.4 Å². The zero-order valence-electron chi connectivity index (χ0n) is 30.5. The first-order valence-corrected chi connectivity index (χ1v) is 18.9. The van der Waals surface area contributed by atoms with Crippen LogP contribution in [-0.4, -0.2) is 15.0 Å². The molecule has 0 radical (unpaired) electrons. The van der Waals surface area contributed by atoms with Gasteiger partial charge in [0, 0.05) is 22.6 Å². The lowest BCUT2D eigenvalue weighted by Gasteiger charge is -2.27. The van der Waals surface area contributed by atoms with E-state index in [0.29, 0.717) is 23.0 Å². The Morgan fingerprint density at radius 3 is 1.70 bits per heavy atom. The van der Waals surface area contributed by atoms with Gasteiger partial charge in [0.2, 0.25) is 0 Å². The molecule has 4 nitrogen and oxygen atoms in total. The van der Waals surface area contributed by atoms with Crippen molar-refractivity contribution in [2.24, 2.45) is 0 Å². The van der Waals surface area contributed by atoms with Crippen LogP contribution in [0.2, 0.25) is 0 Å². The van der Waals surface area contributed by atoms with Crippen molar-refractivity contribution in [2.75, 3.05) is 0 Å². The molecule has 1 aliphatic carbocycles. The van der Waals surface area contributed by atoms with Crippen LogP contribution in [-0.2, 0) is 0 Å². The van der Waals surface area contributed by atoms with Gasteiger partial charge in [-0.3, -0.25) is 0 Å². The number of fused-ring (bicyclic) bond motifs is 4. The highest BCUT2D eigenvalue weighted by Crippen LogP contribution is 2.42. The van der Waals surface area contributed by atoms with Crippen LogP contribution in [0.25, 0.3) is 72.4 Å². The van der Waals surface area contributed by atoms with Crippen LogP contribution in [0.3, 0.4) is 0 Å². The van der Waals surface area contributed by atoms with Crippen molar-refractivity contribution in [1.82, 2.24) is 15.0 Å². The Labute approximate surface area is 325 Å². The summed E-state index contributed by atoms with van der Waals surface area (Å²) in [6, 6.07) is 65.7. The molecule has 262 valence electrons. The Kier molecular flexibility index (Phi) is 8.32. The number of rotatable bonds is 6. The van der Waals surface area contributed by atoms with Crippen LogP contribution in [0.4, 0.5) is 0 Å². The Hall–Kier alpha value is -7.48. The monoisotopic (exact) mass is 714 g/mol. The lowest BCUT2D eigenvalue weighted by Crippen LogP contribution is -2.09. The van der Waals surface area contributed by atoms with E-state index >= 15 is 0 Å². The third-order valence-electron chi connectivity index (χ3n) is 10.9. The molecule has 1 aliphatic rings. The fraction of sp³-hybridized carbons (Fsp3) is 0.0385. The predicted molar refractivity (Wildman–Crippen MR) is 228 cm³/mol. The van der Waals surface area contributed by atoms with Crippen LogP contribution in [0, 0.1) is 11.3 Å². The molecular formula is C52H34N4. The zero-order chi connectivity index (χ0) is 37.4. The molecule has 1 aromatic heterocycles. The maximum Gasteiger partial charge on any atom is 0.164 e. The van der Waals surface area contributed by atoms with Crippen molar-refractivity contribution < 1.29 is 0 Å². The molecule has 0 bridgehead atoms. The van der Waals surface area contributed by atoms with Crippen LogP contribution in [0.15, 0.2) is 188 Å². The summed E-state index contributed by atoms with van der Waals surface area (Å²) < 4.78 is 0. The van der Waals surface area contributed by atoms with Crippen LogP contribution < -0.4 is 0 Å². The Morgan fingerprint density at radius 2 is 1.00 bits per heavy atom. The predicted octanol–water partition coefficient (Wildman–Crippen LogP) is 12.7. The van der Waals surface area contributed by atoms with E-state index in [4.69, 9.17) is 15.0 Å². The molecule has 1 atom stereocenters. The van der Waals surface area contributed by atoms with Gasteiger partial charge in [-0.2, -0.15) is 5.26 Å². The molecule has 8 aromatic carbocycles. The average molecular weight is 715 g/mol. The fourth-order valence-corrected chi connectivity index (χ4v) is 8.11. The largest absolute Gasteiger partial charge is 0.208 e. The second-order valence-corrected chi connectivity index (χ2v) is 14.3. The number of aromatic nitrogens is 3. The first kappa shape index (κ1) is 33.1. The lowest BCUT2D eigenvalue weighted by molar-refractivity contribution is 0.815. The maximum atomic E-state index is 10.2. The summed E-state index contributed by atoms with van der Waals surface area (Å²) >= 11 is 0. The molecule has 0 aliphatic heterocycles. The topological polar surface area (TPSA) is 62.5 Å². The second kappa shape index (κ2) is 14.1. The quantitative estimate of drug-likeness (QED) is 0.161. The zero-order valence-corrected chi connectivity index (χ0v) is 30.5. The van der Waals surface area contributed by atoms with E-state index in [-0.39, 0.29) is 5.92 Å². The fourth-order valence-electron chi connectivity index (χ4n) is 8.11. The van der Waals surface area contributed by atoms with Crippen LogP contribution in [0.5, 0.6) is 0 Å². The number of allylic oxidation sites excluding steroid dienone is 1. The minimum Gasteiger partial charge on any atom is -0.208 e. The van der Waals surface area contributed by atoms with Gasteiger partial charge in [0.1, 0.15) is 0 Å². The summed E-state index contributed by atoms with van der Waals surface area (Å²) in [4.78, 5) is 14.7. The molecule has 1 heterocycles. The smallest absolute Gasteiger partial charge is 0.164 e. The van der Waals surface area contributed by atoms with Crippen molar-refractivity contribution in [3.63, 3.8) is 0 Å². The summed E-state index contributed by atoms with van der Waals surface area (Å²) in [5.41, 5.74) is 11.5. The summed E-state index contributed by atoms with van der Waals surface area (Å²) in [6.07, 6.45) is 3.18. The Bertz CT molecular complexity index is 2940. The van der Waals surface area contributed by atoms with E-state index in [9.17, 15) is 5.26 Å². The summed E-state index contributed by atoms with van der Waals surface area (Å²) in [5, 5.41) is 15.1. The molecule has 56 heavy (non-hydrogen) atoms. The van der Waals surface area contributed by atoms with Crippen molar-refractivity contribution in [3.8, 4) is 51.4 Å². The number of nitrogens with zero attached hydrogens (tertiary/aromatic N) is 4. The molecule has 0 spiro atoms. The Balaban J connectivity index is 0.997. The molecule has 0 amide bonds. The van der Waals surface area contributed by atoms with Gasteiger partial charge in [-0.15, -0.1) is 0 Å². The van der Waals surface area contributed by atoms with Gasteiger partial charge in [0.15, 0.2) is 17.5 Å². The minimum atomic E-state index is 0.175. The molecule has 1 unspecified atom stereocenters. The van der Waals surface area contributed by atoms with Crippen LogP contribution in [0.1, 0.15) is 40.2 Å². The molecule has 0 N–H and O–H groups in total. The van der Waals surface area contributed by atoms with Crippen molar-refractivity contribution in [2.45, 2.75) is 12.3 Å². The van der Waals surface area contributed by atoms with Gasteiger partial charge in [-0.05, 0) is 91.2 Å². The van der Waals surface area contributed by atoms with E-state index in [1.807, 2.05) is 72.8 Å². The average Bonchev–Trinajstić information content (AvgIpc) is 3.28. The van der Waals surface area contributed by atoms with Crippen molar-refractivity contribution in [1.29, 1.82) is 5.26 Å². The highest BCUT2D eigenvalue weighted by atomic mass is 15.0. The van der Waals surface area contributed by atoms with E-state index < -0.39 is 0 Å². The van der Waals surface area contributed by atoms with E-state index in [1.165, 1.54) is 38.2 Å². The summed E-state index contributed by atoms with van der Waals surface area (Å²) in [7, 11) is 0. The first-order valence-electron chi connectivity index (χ1n) is 18.9. The Morgan fingerprint density at radius 1 is 0.446 bits per heavy atom. The molecular weight excluding hydrogens is 681 g/mol.